The molecule has 0 unspecified atom stereocenters. The highest BCUT2D eigenvalue weighted by Crippen LogP contribution is 2.30. The van der Waals surface area contributed by atoms with Gasteiger partial charge in [-0.05, 0) is 36.8 Å². The fraction of sp³-hybridized carbons (Fsp3) is 0.217. The maximum Gasteiger partial charge on any atom is 0.416 e. The second-order valence-corrected chi connectivity index (χ2v) is 8.64. The molecule has 0 bridgehead atoms. The second kappa shape index (κ2) is 11.7. The number of nitro groups is 1. The van der Waals surface area contributed by atoms with Gasteiger partial charge in [-0.25, -0.2) is 0 Å². The molecule has 194 valence electrons. The zero-order valence-corrected chi connectivity index (χ0v) is 20.2. The van der Waals surface area contributed by atoms with E-state index >= 15 is 0 Å². The van der Waals surface area contributed by atoms with E-state index in [9.17, 15) is 32.9 Å². The molecule has 0 atom stereocenters. The number of amides is 2. The molecule has 3 rings (SSSR count). The van der Waals surface area contributed by atoms with Crippen LogP contribution in [-0.4, -0.2) is 37.3 Å². The molecule has 10 nitrogen and oxygen atoms in total. The molecule has 2 N–H and O–H groups in total. The van der Waals surface area contributed by atoms with Gasteiger partial charge in [0.15, 0.2) is 5.16 Å². The van der Waals surface area contributed by atoms with Crippen LogP contribution >= 0.6 is 11.8 Å². The zero-order valence-electron chi connectivity index (χ0n) is 19.4. The Labute approximate surface area is 213 Å². The lowest BCUT2D eigenvalue weighted by molar-refractivity contribution is -0.384. The van der Waals surface area contributed by atoms with E-state index in [1.54, 1.807) is 17.6 Å². The van der Waals surface area contributed by atoms with E-state index < -0.39 is 22.6 Å². The van der Waals surface area contributed by atoms with Crippen molar-refractivity contribution in [3.05, 3.63) is 82.2 Å². The van der Waals surface area contributed by atoms with Gasteiger partial charge in [0.05, 0.1) is 22.7 Å². The minimum atomic E-state index is -4.54. The van der Waals surface area contributed by atoms with E-state index in [2.05, 4.69) is 27.4 Å². The van der Waals surface area contributed by atoms with Crippen LogP contribution in [0.1, 0.15) is 17.0 Å². The fourth-order valence-corrected chi connectivity index (χ4v) is 3.98. The van der Waals surface area contributed by atoms with Crippen molar-refractivity contribution in [3.8, 4) is 0 Å². The fourth-order valence-electron chi connectivity index (χ4n) is 3.21. The lowest BCUT2D eigenvalue weighted by Gasteiger charge is -2.11. The summed E-state index contributed by atoms with van der Waals surface area (Å²) in [5.41, 5.74) is -0.0393. The molecule has 1 aromatic heterocycles. The van der Waals surface area contributed by atoms with Crippen LogP contribution in [-0.2, 0) is 28.7 Å². The number of nitro benzene ring substituents is 1. The third kappa shape index (κ3) is 7.39. The molecule has 2 amide bonds. The third-order valence-corrected chi connectivity index (χ3v) is 5.89. The average molecular weight is 535 g/mol. The lowest BCUT2D eigenvalue weighted by atomic mass is 10.2. The summed E-state index contributed by atoms with van der Waals surface area (Å²) in [6.45, 7) is 5.52. The van der Waals surface area contributed by atoms with Gasteiger partial charge < -0.3 is 15.2 Å². The van der Waals surface area contributed by atoms with Gasteiger partial charge in [0, 0.05) is 30.1 Å². The number of non-ortho nitro benzene ring substituents is 1. The predicted molar refractivity (Wildman–Crippen MR) is 131 cm³/mol. The van der Waals surface area contributed by atoms with Crippen LogP contribution in [0.25, 0.3) is 0 Å². The van der Waals surface area contributed by atoms with Gasteiger partial charge in [0.2, 0.25) is 11.8 Å². The first-order valence-electron chi connectivity index (χ1n) is 10.7. The highest BCUT2D eigenvalue weighted by molar-refractivity contribution is 7.99. The van der Waals surface area contributed by atoms with Crippen LogP contribution in [0, 0.1) is 17.0 Å². The first kappa shape index (κ1) is 27.4. The lowest BCUT2D eigenvalue weighted by Crippen LogP contribution is -2.18. The molecule has 3 aromatic rings. The summed E-state index contributed by atoms with van der Waals surface area (Å²) in [5.74, 6) is -0.820. The molecule has 14 heteroatoms. The summed E-state index contributed by atoms with van der Waals surface area (Å²) in [4.78, 5) is 35.2. The van der Waals surface area contributed by atoms with Crippen molar-refractivity contribution in [2.45, 2.75) is 31.2 Å². The van der Waals surface area contributed by atoms with E-state index in [1.165, 1.54) is 30.3 Å². The van der Waals surface area contributed by atoms with E-state index in [0.29, 0.717) is 16.4 Å². The van der Waals surface area contributed by atoms with Crippen LogP contribution in [0.15, 0.2) is 60.3 Å². The maximum absolute atomic E-state index is 12.9. The van der Waals surface area contributed by atoms with E-state index in [-0.39, 0.29) is 41.8 Å². The van der Waals surface area contributed by atoms with Gasteiger partial charge >= 0.3 is 6.18 Å². The topological polar surface area (TPSA) is 132 Å². The normalized spacial score (nSPS) is 11.1. The van der Waals surface area contributed by atoms with Crippen LogP contribution in [0.2, 0.25) is 0 Å². The number of anilines is 2. The van der Waals surface area contributed by atoms with Gasteiger partial charge in [0.1, 0.15) is 5.82 Å². The minimum Gasteiger partial charge on any atom is -0.326 e. The van der Waals surface area contributed by atoms with Crippen molar-refractivity contribution in [3.63, 3.8) is 0 Å². The van der Waals surface area contributed by atoms with Crippen LogP contribution in [0.5, 0.6) is 0 Å². The monoisotopic (exact) mass is 534 g/mol. The van der Waals surface area contributed by atoms with Crippen molar-refractivity contribution in [1.82, 2.24) is 14.8 Å². The minimum absolute atomic E-state index is 0.0116. The van der Waals surface area contributed by atoms with Crippen molar-refractivity contribution in [1.29, 1.82) is 0 Å². The Bertz CT molecular complexity index is 1340. The number of halogens is 3. The zero-order chi connectivity index (χ0) is 27.2. The Kier molecular flexibility index (Phi) is 8.65. The number of hydrogen-bond donors (Lipinski definition) is 2. The van der Waals surface area contributed by atoms with E-state index in [1.807, 2.05) is 0 Å². The number of nitrogens with zero attached hydrogens (tertiary/aromatic N) is 4. The first-order valence-corrected chi connectivity index (χ1v) is 11.6. The summed E-state index contributed by atoms with van der Waals surface area (Å²) in [5, 5.41) is 24.3. The second-order valence-electron chi connectivity index (χ2n) is 7.69. The van der Waals surface area contributed by atoms with E-state index in [4.69, 9.17) is 0 Å². The SMILES string of the molecule is C=CCn1c(CC(=O)Nc2cccc(C(F)(F)F)c2)nnc1SCC(=O)Nc1ccc([N+](=O)[O-])cc1C. The summed E-state index contributed by atoms with van der Waals surface area (Å²) < 4.78 is 40.3. The average Bonchev–Trinajstić information content (AvgIpc) is 3.19. The molecule has 0 radical (unpaired) electrons. The van der Waals surface area contributed by atoms with Gasteiger partial charge in [-0.1, -0.05) is 23.9 Å². The van der Waals surface area contributed by atoms with Crippen molar-refractivity contribution < 1.29 is 27.7 Å². The molecule has 0 aliphatic heterocycles. The molecular weight excluding hydrogens is 513 g/mol. The summed E-state index contributed by atoms with van der Waals surface area (Å²) in [7, 11) is 0. The molecule has 0 aliphatic rings. The van der Waals surface area contributed by atoms with Crippen molar-refractivity contribution >= 4 is 40.6 Å². The highest BCUT2D eigenvalue weighted by atomic mass is 32.2. The summed E-state index contributed by atoms with van der Waals surface area (Å²) in [6, 6.07) is 8.34. The molecular formula is C23H21F3N6O4S. The van der Waals surface area contributed by atoms with Crippen LogP contribution in [0.4, 0.5) is 30.2 Å². The molecule has 0 saturated carbocycles. The smallest absolute Gasteiger partial charge is 0.326 e. The number of nitrogens with one attached hydrogen (secondary N) is 2. The largest absolute Gasteiger partial charge is 0.416 e. The number of aryl methyl sites for hydroxylation is 1. The molecule has 1 heterocycles. The Morgan fingerprint density at radius 1 is 1.16 bits per heavy atom. The van der Waals surface area contributed by atoms with Crippen molar-refractivity contribution in [2.24, 2.45) is 0 Å². The van der Waals surface area contributed by atoms with Crippen LogP contribution in [0.3, 0.4) is 0 Å². The number of hydrogen-bond acceptors (Lipinski definition) is 7. The number of rotatable bonds is 10. The standard InChI is InChI=1S/C23H21F3N6O4S/c1-3-9-31-19(12-20(33)27-16-6-4-5-15(11-16)23(24,25)26)29-30-22(31)37-13-21(34)28-18-8-7-17(32(35)36)10-14(18)2/h3-8,10-11H,1,9,12-13H2,2H3,(H,27,33)(H,28,34). The highest BCUT2D eigenvalue weighted by Gasteiger charge is 2.30. The predicted octanol–water partition coefficient (Wildman–Crippen LogP) is 4.61. The van der Waals surface area contributed by atoms with E-state index in [0.717, 1.165) is 23.9 Å². The number of aromatic nitrogens is 3. The van der Waals surface area contributed by atoms with Gasteiger partial charge in [-0.2, -0.15) is 13.2 Å². The Morgan fingerprint density at radius 3 is 2.57 bits per heavy atom. The van der Waals surface area contributed by atoms with Crippen molar-refractivity contribution in [2.75, 3.05) is 16.4 Å². The molecule has 2 aromatic carbocycles. The maximum atomic E-state index is 12.9. The Balaban J connectivity index is 1.64. The number of thioether (sulfide) groups is 1. The molecule has 0 spiro atoms. The van der Waals surface area contributed by atoms with Gasteiger partial charge in [-0.3, -0.25) is 19.7 Å². The molecule has 0 fully saturated rings. The number of carbonyl (C=O) groups is 2. The first-order chi connectivity index (χ1) is 17.5. The Hall–Kier alpha value is -4.20. The quantitative estimate of drug-likeness (QED) is 0.168. The summed E-state index contributed by atoms with van der Waals surface area (Å²) >= 11 is 1.05. The van der Waals surface area contributed by atoms with Crippen LogP contribution < -0.4 is 10.6 Å². The van der Waals surface area contributed by atoms with Gasteiger partial charge in [-0.15, -0.1) is 16.8 Å². The van der Waals surface area contributed by atoms with Gasteiger partial charge in [0.25, 0.3) is 5.69 Å². The number of carbonyl (C=O) groups excluding carboxylic acids is 2. The Morgan fingerprint density at radius 2 is 1.92 bits per heavy atom. The molecule has 0 saturated heterocycles. The summed E-state index contributed by atoms with van der Waals surface area (Å²) in [6.07, 6.45) is -3.27. The number of alkyl halides is 3. The molecule has 37 heavy (non-hydrogen) atoms. The number of benzene rings is 2. The number of allylic oxidation sites excluding steroid dienone is 1. The molecule has 0 aliphatic carbocycles. The third-order valence-electron chi connectivity index (χ3n) is 4.92.